The smallest absolute Gasteiger partial charge is 0.302 e. The summed E-state index contributed by atoms with van der Waals surface area (Å²) < 4.78 is 5.84. The van der Waals surface area contributed by atoms with Gasteiger partial charge in [0.2, 0.25) is 5.96 Å². The topological polar surface area (TPSA) is 122 Å². The molecule has 1 atom stereocenters. The molecule has 186 valence electrons. The minimum Gasteiger partial charge on any atom is -0.423 e. The number of halogens is 1. The zero-order valence-electron chi connectivity index (χ0n) is 20.3. The number of fused-ring (bicyclic) bond motifs is 1. The third-order valence-corrected chi connectivity index (χ3v) is 6.28. The molecule has 1 unspecified atom stereocenters. The van der Waals surface area contributed by atoms with E-state index in [4.69, 9.17) is 21.0 Å². The summed E-state index contributed by atoms with van der Waals surface area (Å²) in [6, 6.07) is 15.5. The number of allylic oxidation sites excluding steroid dienone is 1. The van der Waals surface area contributed by atoms with Crippen LogP contribution in [0.4, 0.5) is 11.8 Å². The molecule has 0 saturated carbocycles. The number of para-hydroxylation sites is 1. The summed E-state index contributed by atoms with van der Waals surface area (Å²) in [7, 11) is 0. The SMILES string of the molecule is CC(=O)c1ccnc(NC(=O)C2=C(C)NC(Nc3nc4c(C)cccc4o3)=NC2c2ccccc2Cl)c1. The zero-order chi connectivity index (χ0) is 26.1. The van der Waals surface area contributed by atoms with E-state index < -0.39 is 11.9 Å². The Kier molecular flexibility index (Phi) is 6.45. The van der Waals surface area contributed by atoms with Crippen molar-refractivity contribution >= 4 is 52.2 Å². The highest BCUT2D eigenvalue weighted by Gasteiger charge is 2.31. The monoisotopic (exact) mass is 514 g/mol. The summed E-state index contributed by atoms with van der Waals surface area (Å²) in [6.07, 6.45) is 1.47. The van der Waals surface area contributed by atoms with E-state index in [-0.39, 0.29) is 17.6 Å². The fraction of sp³-hybridized carbons (Fsp3) is 0.148. The van der Waals surface area contributed by atoms with Gasteiger partial charge in [0.05, 0.1) is 5.57 Å². The average molecular weight is 515 g/mol. The standard InChI is InChI=1S/C27H23ClN6O3/c1-14-7-6-10-20-23(14)33-27(37-20)34-26-30-15(2)22(24(32-26)18-8-4-5-9-19(18)28)25(36)31-21-13-17(16(3)35)11-12-29-21/h4-13,24H,1-3H3,(H,29,31,36)(H2,30,32,33,34). The van der Waals surface area contributed by atoms with Gasteiger partial charge in [-0.2, -0.15) is 4.98 Å². The largest absolute Gasteiger partial charge is 0.423 e. The van der Waals surface area contributed by atoms with Crippen LogP contribution in [-0.2, 0) is 4.79 Å². The number of nitrogens with zero attached hydrogens (tertiary/aromatic N) is 3. The number of nitrogens with one attached hydrogen (secondary N) is 3. The number of Topliss-reactive ketones (excluding diaryl/α,β-unsaturated/α-hetero) is 1. The maximum absolute atomic E-state index is 13.5. The van der Waals surface area contributed by atoms with E-state index in [1.165, 1.54) is 19.2 Å². The lowest BCUT2D eigenvalue weighted by atomic mass is 9.95. The van der Waals surface area contributed by atoms with Crippen LogP contribution in [0.15, 0.2) is 81.5 Å². The number of aromatic nitrogens is 2. The molecule has 9 nitrogen and oxygen atoms in total. The molecule has 0 radical (unpaired) electrons. The van der Waals surface area contributed by atoms with Crippen LogP contribution in [0, 0.1) is 6.92 Å². The number of oxazole rings is 1. The number of aliphatic imine (C=N–C) groups is 1. The van der Waals surface area contributed by atoms with Crippen molar-refractivity contribution in [1.29, 1.82) is 0 Å². The molecule has 2 aromatic heterocycles. The molecule has 10 heteroatoms. The molecule has 3 heterocycles. The van der Waals surface area contributed by atoms with Gasteiger partial charge < -0.3 is 15.1 Å². The van der Waals surface area contributed by atoms with Crippen LogP contribution in [0.3, 0.4) is 0 Å². The third-order valence-electron chi connectivity index (χ3n) is 5.94. The van der Waals surface area contributed by atoms with Gasteiger partial charge in [-0.25, -0.2) is 9.98 Å². The Bertz CT molecular complexity index is 1610. The van der Waals surface area contributed by atoms with Crippen LogP contribution in [0.5, 0.6) is 0 Å². The Labute approximate surface area is 217 Å². The first-order valence-corrected chi connectivity index (χ1v) is 11.9. The normalized spacial score (nSPS) is 15.2. The zero-order valence-corrected chi connectivity index (χ0v) is 21.1. The summed E-state index contributed by atoms with van der Waals surface area (Å²) in [5, 5.41) is 9.45. The van der Waals surface area contributed by atoms with Crippen molar-refractivity contribution in [2.24, 2.45) is 4.99 Å². The number of carbonyl (C=O) groups excluding carboxylic acids is 2. The lowest BCUT2D eigenvalue weighted by Crippen LogP contribution is -2.37. The summed E-state index contributed by atoms with van der Waals surface area (Å²) in [6.45, 7) is 5.18. The number of benzene rings is 2. The van der Waals surface area contributed by atoms with E-state index in [0.717, 1.165) is 11.1 Å². The van der Waals surface area contributed by atoms with Crippen molar-refractivity contribution < 1.29 is 14.0 Å². The summed E-state index contributed by atoms with van der Waals surface area (Å²) >= 11 is 6.52. The molecule has 2 aromatic carbocycles. The van der Waals surface area contributed by atoms with Crippen LogP contribution >= 0.6 is 11.6 Å². The van der Waals surface area contributed by atoms with Crippen molar-refractivity contribution in [2.45, 2.75) is 26.8 Å². The minimum absolute atomic E-state index is 0.128. The van der Waals surface area contributed by atoms with Gasteiger partial charge in [0.15, 0.2) is 11.4 Å². The van der Waals surface area contributed by atoms with Gasteiger partial charge in [0, 0.05) is 28.0 Å². The number of rotatable bonds is 5. The molecule has 0 saturated heterocycles. The number of pyridine rings is 1. The fourth-order valence-corrected chi connectivity index (χ4v) is 4.34. The second-order valence-corrected chi connectivity index (χ2v) is 8.98. The van der Waals surface area contributed by atoms with Crippen LogP contribution in [0.25, 0.3) is 11.1 Å². The predicted octanol–water partition coefficient (Wildman–Crippen LogP) is 5.41. The quantitative estimate of drug-likeness (QED) is 0.304. The van der Waals surface area contributed by atoms with Gasteiger partial charge in [0.1, 0.15) is 17.4 Å². The van der Waals surface area contributed by atoms with E-state index in [1.807, 2.05) is 43.3 Å². The van der Waals surface area contributed by atoms with Crippen molar-refractivity contribution in [1.82, 2.24) is 15.3 Å². The molecule has 3 N–H and O–H groups in total. The van der Waals surface area contributed by atoms with Crippen molar-refractivity contribution in [3.8, 4) is 0 Å². The molecule has 1 aliphatic rings. The lowest BCUT2D eigenvalue weighted by Gasteiger charge is -2.26. The lowest BCUT2D eigenvalue weighted by molar-refractivity contribution is -0.113. The number of aryl methyl sites for hydroxylation is 1. The highest BCUT2D eigenvalue weighted by molar-refractivity contribution is 6.31. The Morgan fingerprint density at radius 2 is 1.89 bits per heavy atom. The summed E-state index contributed by atoms with van der Waals surface area (Å²) in [4.78, 5) is 38.7. The highest BCUT2D eigenvalue weighted by Crippen LogP contribution is 2.35. The number of anilines is 2. The van der Waals surface area contributed by atoms with Gasteiger partial charge in [-0.1, -0.05) is 41.9 Å². The van der Waals surface area contributed by atoms with Crippen molar-refractivity contribution in [3.63, 3.8) is 0 Å². The minimum atomic E-state index is -0.737. The molecule has 0 bridgehead atoms. The molecular formula is C27H23ClN6O3. The number of ketones is 1. The van der Waals surface area contributed by atoms with Crippen LogP contribution in [0.1, 0.15) is 41.4 Å². The molecular weight excluding hydrogens is 492 g/mol. The van der Waals surface area contributed by atoms with E-state index >= 15 is 0 Å². The first-order chi connectivity index (χ1) is 17.8. The van der Waals surface area contributed by atoms with E-state index in [1.54, 1.807) is 19.1 Å². The van der Waals surface area contributed by atoms with Crippen LogP contribution in [0.2, 0.25) is 5.02 Å². The van der Waals surface area contributed by atoms with Crippen molar-refractivity contribution in [2.75, 3.05) is 10.6 Å². The molecule has 1 aliphatic heterocycles. The Hall–Kier alpha value is -4.50. The Morgan fingerprint density at radius 3 is 2.65 bits per heavy atom. The highest BCUT2D eigenvalue weighted by atomic mass is 35.5. The first kappa shape index (κ1) is 24.2. The second-order valence-electron chi connectivity index (χ2n) is 8.57. The van der Waals surface area contributed by atoms with Crippen molar-refractivity contribution in [3.05, 3.63) is 93.8 Å². The van der Waals surface area contributed by atoms with Gasteiger partial charge in [-0.15, -0.1) is 0 Å². The second kappa shape index (κ2) is 9.87. The maximum atomic E-state index is 13.5. The molecule has 0 fully saturated rings. The first-order valence-electron chi connectivity index (χ1n) is 11.5. The van der Waals surface area contributed by atoms with Gasteiger partial charge in [0.25, 0.3) is 5.91 Å². The molecule has 37 heavy (non-hydrogen) atoms. The fourth-order valence-electron chi connectivity index (χ4n) is 4.10. The molecule has 5 rings (SSSR count). The Balaban J connectivity index is 1.49. The molecule has 4 aromatic rings. The number of hydrogen-bond donors (Lipinski definition) is 3. The summed E-state index contributed by atoms with van der Waals surface area (Å²) in [5.74, 6) is 0.0465. The number of amides is 1. The number of hydrogen-bond acceptors (Lipinski definition) is 8. The van der Waals surface area contributed by atoms with E-state index in [0.29, 0.717) is 39.0 Å². The van der Waals surface area contributed by atoms with E-state index in [2.05, 4.69) is 25.9 Å². The van der Waals surface area contributed by atoms with Gasteiger partial charge in [-0.3, -0.25) is 14.9 Å². The predicted molar refractivity (Wildman–Crippen MR) is 143 cm³/mol. The van der Waals surface area contributed by atoms with Crippen LogP contribution in [-0.4, -0.2) is 27.6 Å². The summed E-state index contributed by atoms with van der Waals surface area (Å²) in [5.41, 5.74) is 4.37. The van der Waals surface area contributed by atoms with Gasteiger partial charge in [-0.05, 0) is 50.6 Å². The average Bonchev–Trinajstić information content (AvgIpc) is 3.28. The number of guanidine groups is 1. The Morgan fingerprint density at radius 1 is 1.08 bits per heavy atom. The van der Waals surface area contributed by atoms with E-state index in [9.17, 15) is 9.59 Å². The maximum Gasteiger partial charge on any atom is 0.302 e. The third kappa shape index (κ3) is 4.94. The molecule has 0 spiro atoms. The number of carbonyl (C=O) groups is 2. The van der Waals surface area contributed by atoms with Crippen LogP contribution < -0.4 is 16.0 Å². The molecule has 0 aliphatic carbocycles. The van der Waals surface area contributed by atoms with Gasteiger partial charge >= 0.3 is 6.01 Å². The molecule has 1 amide bonds.